The molecule has 0 saturated heterocycles. The smallest absolute Gasteiger partial charge is 0.234 e. The highest BCUT2D eigenvalue weighted by Gasteiger charge is 1.97. The van der Waals surface area contributed by atoms with E-state index in [4.69, 9.17) is 10.00 Å². The van der Waals surface area contributed by atoms with Crippen LogP contribution < -0.4 is 10.6 Å². The molecule has 0 radical (unpaired) electrons. The first-order valence-corrected chi connectivity index (χ1v) is 4.73. The Hall–Kier alpha value is -1.38. The zero-order valence-corrected chi connectivity index (χ0v) is 9.01. The predicted molar refractivity (Wildman–Crippen MR) is 57.1 cm³/mol. The number of amides is 1. The Labute approximate surface area is 90.1 Å². The van der Waals surface area contributed by atoms with E-state index in [0.29, 0.717) is 19.8 Å². The minimum Gasteiger partial charge on any atom is -0.376 e. The minimum absolute atomic E-state index is 0.0483. The molecule has 0 unspecified atom stereocenters. The molecule has 0 aromatic rings. The van der Waals surface area contributed by atoms with Crippen LogP contribution in [-0.4, -0.2) is 38.8 Å². The number of carbonyl (C=O) groups excluding carboxylic acids is 1. The molecule has 0 aliphatic rings. The lowest BCUT2D eigenvalue weighted by Gasteiger charge is -2.05. The Bertz CT molecular complexity index is 246. The van der Waals surface area contributed by atoms with Gasteiger partial charge in [-0.15, -0.1) is 0 Å². The Morgan fingerprint density at radius 1 is 1.60 bits per heavy atom. The fourth-order valence-corrected chi connectivity index (χ4v) is 0.793. The zero-order chi connectivity index (χ0) is 11.5. The molecule has 0 spiro atoms. The molecule has 2 N–H and O–H groups in total. The van der Waals surface area contributed by atoms with E-state index in [1.54, 1.807) is 0 Å². The van der Waals surface area contributed by atoms with Crippen LogP contribution in [0.2, 0.25) is 0 Å². The average molecular weight is 211 g/mol. The summed E-state index contributed by atoms with van der Waals surface area (Å²) >= 11 is 0. The summed E-state index contributed by atoms with van der Waals surface area (Å²) in [6, 6.07) is 1.83. The largest absolute Gasteiger partial charge is 0.376 e. The third-order valence-corrected chi connectivity index (χ3v) is 1.42. The van der Waals surface area contributed by atoms with Crippen molar-refractivity contribution in [2.45, 2.75) is 6.92 Å². The second-order valence-electron chi connectivity index (χ2n) is 3.12. The van der Waals surface area contributed by atoms with E-state index in [9.17, 15) is 4.79 Å². The van der Waals surface area contributed by atoms with Crippen molar-refractivity contribution in [1.29, 1.82) is 5.26 Å². The molecule has 0 rings (SSSR count). The summed E-state index contributed by atoms with van der Waals surface area (Å²) in [5.74, 6) is -0.184. The number of nitrogens with zero attached hydrogens (tertiary/aromatic N) is 1. The molecule has 84 valence electrons. The zero-order valence-electron chi connectivity index (χ0n) is 9.01. The van der Waals surface area contributed by atoms with Crippen LogP contribution in [0, 0.1) is 11.3 Å². The van der Waals surface area contributed by atoms with Crippen LogP contribution in [0.1, 0.15) is 6.92 Å². The van der Waals surface area contributed by atoms with Crippen LogP contribution in [0.3, 0.4) is 0 Å². The van der Waals surface area contributed by atoms with Gasteiger partial charge in [-0.3, -0.25) is 4.79 Å². The molecule has 0 aromatic carbocycles. The number of nitriles is 1. The molecule has 0 saturated carbocycles. The van der Waals surface area contributed by atoms with Gasteiger partial charge in [0.25, 0.3) is 0 Å². The second-order valence-corrected chi connectivity index (χ2v) is 3.12. The molecule has 0 aliphatic heterocycles. The van der Waals surface area contributed by atoms with Crippen molar-refractivity contribution in [1.82, 2.24) is 10.6 Å². The van der Waals surface area contributed by atoms with Gasteiger partial charge in [0.1, 0.15) is 6.54 Å². The van der Waals surface area contributed by atoms with E-state index in [1.165, 1.54) is 0 Å². The monoisotopic (exact) mass is 211 g/mol. The first-order valence-electron chi connectivity index (χ1n) is 4.73. The van der Waals surface area contributed by atoms with Gasteiger partial charge in [-0.2, -0.15) is 5.26 Å². The molecular formula is C10H17N3O2. The van der Waals surface area contributed by atoms with E-state index in [2.05, 4.69) is 17.2 Å². The molecule has 15 heavy (non-hydrogen) atoms. The Morgan fingerprint density at radius 2 is 2.33 bits per heavy atom. The lowest BCUT2D eigenvalue weighted by molar-refractivity contribution is -0.120. The molecule has 0 atom stereocenters. The maximum atomic E-state index is 11.0. The fraction of sp³-hybridized carbons (Fsp3) is 0.600. The topological polar surface area (TPSA) is 74.2 Å². The maximum absolute atomic E-state index is 11.0. The Morgan fingerprint density at radius 3 is 2.93 bits per heavy atom. The number of nitrogens with one attached hydrogen (secondary N) is 2. The summed E-state index contributed by atoms with van der Waals surface area (Å²) in [4.78, 5) is 11.0. The van der Waals surface area contributed by atoms with Crippen LogP contribution in [0.4, 0.5) is 0 Å². The lowest BCUT2D eigenvalue weighted by atomic mass is 10.4. The highest BCUT2D eigenvalue weighted by molar-refractivity contribution is 5.78. The summed E-state index contributed by atoms with van der Waals surface area (Å²) < 4.78 is 5.21. The van der Waals surface area contributed by atoms with Gasteiger partial charge < -0.3 is 15.4 Å². The van der Waals surface area contributed by atoms with E-state index in [1.807, 2.05) is 13.0 Å². The van der Waals surface area contributed by atoms with Crippen LogP contribution in [0.25, 0.3) is 0 Å². The van der Waals surface area contributed by atoms with Crippen molar-refractivity contribution in [3.8, 4) is 6.07 Å². The molecule has 5 nitrogen and oxygen atoms in total. The van der Waals surface area contributed by atoms with Crippen LogP contribution in [0.5, 0.6) is 0 Å². The van der Waals surface area contributed by atoms with E-state index >= 15 is 0 Å². The van der Waals surface area contributed by atoms with Gasteiger partial charge in [-0.1, -0.05) is 12.2 Å². The summed E-state index contributed by atoms with van der Waals surface area (Å²) in [7, 11) is 0. The normalized spacial score (nSPS) is 9.33. The summed E-state index contributed by atoms with van der Waals surface area (Å²) in [5.41, 5.74) is 0.974. The molecule has 0 heterocycles. The number of ether oxygens (including phenoxy) is 1. The lowest BCUT2D eigenvalue weighted by Crippen LogP contribution is -2.35. The molecule has 0 aromatic heterocycles. The maximum Gasteiger partial charge on any atom is 0.234 e. The third kappa shape index (κ3) is 10.5. The van der Waals surface area contributed by atoms with E-state index in [-0.39, 0.29) is 19.0 Å². The first kappa shape index (κ1) is 13.6. The number of carbonyl (C=O) groups is 1. The molecule has 0 bridgehead atoms. The van der Waals surface area contributed by atoms with Gasteiger partial charge in [0.2, 0.25) is 5.91 Å². The molecule has 5 heteroatoms. The third-order valence-electron chi connectivity index (χ3n) is 1.42. The fourth-order valence-electron chi connectivity index (χ4n) is 0.793. The van der Waals surface area contributed by atoms with Crippen molar-refractivity contribution < 1.29 is 9.53 Å². The van der Waals surface area contributed by atoms with Crippen LogP contribution >= 0.6 is 0 Å². The van der Waals surface area contributed by atoms with Gasteiger partial charge in [0.05, 0.1) is 25.8 Å². The predicted octanol–water partition coefficient (Wildman–Crippen LogP) is -0.192. The second kappa shape index (κ2) is 9.19. The van der Waals surface area contributed by atoms with Gasteiger partial charge in [-0.05, 0) is 6.92 Å². The first-order chi connectivity index (χ1) is 7.16. The Kier molecular flexibility index (Phi) is 8.34. The SMILES string of the molecule is C=C(C)COCCNCC(=O)NCC#N. The van der Waals surface area contributed by atoms with E-state index < -0.39 is 0 Å². The van der Waals surface area contributed by atoms with Crippen molar-refractivity contribution in [2.24, 2.45) is 0 Å². The van der Waals surface area contributed by atoms with Crippen LogP contribution in [0.15, 0.2) is 12.2 Å². The van der Waals surface area contributed by atoms with Crippen molar-refractivity contribution >= 4 is 5.91 Å². The van der Waals surface area contributed by atoms with Crippen molar-refractivity contribution in [3.05, 3.63) is 12.2 Å². The van der Waals surface area contributed by atoms with Gasteiger partial charge in [0.15, 0.2) is 0 Å². The summed E-state index contributed by atoms with van der Waals surface area (Å²) in [5, 5.41) is 13.5. The quantitative estimate of drug-likeness (QED) is 0.331. The number of rotatable bonds is 8. The minimum atomic E-state index is -0.184. The molecule has 1 amide bonds. The summed E-state index contributed by atoms with van der Waals surface area (Å²) in [6.45, 7) is 7.53. The standard InChI is InChI=1S/C10H17N3O2/c1-9(2)8-15-6-5-12-7-10(14)13-4-3-11/h12H,1,4-8H2,2H3,(H,13,14). The van der Waals surface area contributed by atoms with Gasteiger partial charge >= 0.3 is 0 Å². The number of hydrogen-bond donors (Lipinski definition) is 2. The number of hydrogen-bond acceptors (Lipinski definition) is 4. The van der Waals surface area contributed by atoms with E-state index in [0.717, 1.165) is 5.57 Å². The molecule has 0 fully saturated rings. The van der Waals surface area contributed by atoms with Gasteiger partial charge in [0, 0.05) is 6.54 Å². The van der Waals surface area contributed by atoms with Crippen LogP contribution in [-0.2, 0) is 9.53 Å². The van der Waals surface area contributed by atoms with Gasteiger partial charge in [-0.25, -0.2) is 0 Å². The average Bonchev–Trinajstić information content (AvgIpc) is 2.19. The van der Waals surface area contributed by atoms with Crippen molar-refractivity contribution in [3.63, 3.8) is 0 Å². The molecular weight excluding hydrogens is 194 g/mol. The molecule has 0 aliphatic carbocycles. The Balaban J connectivity index is 3.20. The highest BCUT2D eigenvalue weighted by atomic mass is 16.5. The summed E-state index contributed by atoms with van der Waals surface area (Å²) in [6.07, 6.45) is 0. The highest BCUT2D eigenvalue weighted by Crippen LogP contribution is 1.86. The van der Waals surface area contributed by atoms with Crippen molar-refractivity contribution in [2.75, 3.05) is 32.8 Å².